The van der Waals surface area contributed by atoms with Gasteiger partial charge in [-0.1, -0.05) is 48.0 Å². The van der Waals surface area contributed by atoms with E-state index in [1.54, 1.807) is 18.2 Å². The molecule has 2 atom stereocenters. The molecule has 1 fully saturated rings. The van der Waals surface area contributed by atoms with Crippen molar-refractivity contribution < 1.29 is 23.3 Å². The Morgan fingerprint density at radius 2 is 1.70 bits per heavy atom. The third-order valence-corrected chi connectivity index (χ3v) is 9.00. The fourth-order valence-corrected chi connectivity index (χ4v) is 6.74. The molecule has 1 aliphatic rings. The Hall–Kier alpha value is -3.15. The molecule has 5 nitrogen and oxygen atoms in total. The predicted octanol–water partition coefficient (Wildman–Crippen LogP) is 9.11. The lowest BCUT2D eigenvalue weighted by atomic mass is 9.93. The summed E-state index contributed by atoms with van der Waals surface area (Å²) >= 11 is 6.15. The fourth-order valence-electron chi connectivity index (χ4n) is 4.99. The van der Waals surface area contributed by atoms with Crippen LogP contribution in [-0.2, 0) is 21.9 Å². The van der Waals surface area contributed by atoms with Crippen LogP contribution >= 0.6 is 19.1 Å². The zero-order valence-electron chi connectivity index (χ0n) is 22.5. The molecule has 4 aromatic rings. The first-order valence-corrected chi connectivity index (χ1v) is 15.4. The van der Waals surface area contributed by atoms with Gasteiger partial charge in [0.1, 0.15) is 17.3 Å². The Labute approximate surface area is 239 Å². The van der Waals surface area contributed by atoms with Crippen LogP contribution in [0.25, 0.3) is 0 Å². The van der Waals surface area contributed by atoms with Gasteiger partial charge >= 0.3 is 0 Å². The number of hydrogen-bond donors (Lipinski definition) is 2. The molecule has 1 aliphatic heterocycles. The van der Waals surface area contributed by atoms with Gasteiger partial charge in [0.25, 0.3) is 0 Å². The number of ether oxygens (including phenoxy) is 1. The Balaban J connectivity index is 1.26. The van der Waals surface area contributed by atoms with E-state index in [4.69, 9.17) is 30.5 Å². The van der Waals surface area contributed by atoms with Crippen molar-refractivity contribution in [1.82, 2.24) is 0 Å². The monoisotopic (exact) mass is 579 g/mol. The number of rotatable bonds is 8. The van der Waals surface area contributed by atoms with Gasteiger partial charge in [0.2, 0.25) is 7.51 Å². The van der Waals surface area contributed by atoms with Crippen molar-refractivity contribution in [1.29, 1.82) is 5.16 Å². The van der Waals surface area contributed by atoms with Crippen molar-refractivity contribution in [3.8, 4) is 11.5 Å². The SMILES string of the molecule is Cc1cc(OC[P@@]2(=N)OCC[C@@H](c3cccc(Cl)c3)O2)cc(C)c1Cc1ccc(O)c(Cc2ccc(F)cc2)c1. The summed E-state index contributed by atoms with van der Waals surface area (Å²) in [5, 5.41) is 19.9. The van der Waals surface area contributed by atoms with Gasteiger partial charge in [0.15, 0.2) is 6.35 Å². The highest BCUT2D eigenvalue weighted by Crippen LogP contribution is 2.56. The maximum absolute atomic E-state index is 13.3. The molecular formula is C32H32ClFNO4P. The lowest BCUT2D eigenvalue weighted by molar-refractivity contribution is 0.0910. The van der Waals surface area contributed by atoms with Gasteiger partial charge in [-0.05, 0) is 102 Å². The molecule has 1 saturated heterocycles. The van der Waals surface area contributed by atoms with Crippen LogP contribution in [0, 0.1) is 24.8 Å². The highest BCUT2D eigenvalue weighted by molar-refractivity contribution is 7.54. The zero-order valence-corrected chi connectivity index (χ0v) is 24.1. The van der Waals surface area contributed by atoms with Gasteiger partial charge < -0.3 is 18.9 Å². The minimum absolute atomic E-state index is 0.0347. The summed E-state index contributed by atoms with van der Waals surface area (Å²) in [4.78, 5) is 0. The van der Waals surface area contributed by atoms with Crippen LogP contribution in [0.5, 0.6) is 11.5 Å². The largest absolute Gasteiger partial charge is 0.508 e. The predicted molar refractivity (Wildman–Crippen MR) is 157 cm³/mol. The molecule has 40 heavy (non-hydrogen) atoms. The molecule has 0 bridgehead atoms. The van der Waals surface area contributed by atoms with E-state index in [1.165, 1.54) is 17.7 Å². The molecule has 5 rings (SSSR count). The van der Waals surface area contributed by atoms with Crippen LogP contribution in [0.3, 0.4) is 0 Å². The van der Waals surface area contributed by atoms with Crippen molar-refractivity contribution in [3.63, 3.8) is 0 Å². The average Bonchev–Trinajstić information content (AvgIpc) is 2.93. The van der Waals surface area contributed by atoms with Crippen LogP contribution in [0.15, 0.2) is 78.9 Å². The highest BCUT2D eigenvalue weighted by atomic mass is 35.5. The number of benzene rings is 4. The highest BCUT2D eigenvalue weighted by Gasteiger charge is 2.31. The minimum atomic E-state index is -2.96. The van der Waals surface area contributed by atoms with Gasteiger partial charge in [0, 0.05) is 17.9 Å². The van der Waals surface area contributed by atoms with E-state index in [9.17, 15) is 9.50 Å². The maximum Gasteiger partial charge on any atom is 0.248 e. The maximum atomic E-state index is 13.3. The normalized spacial score (nSPS) is 18.9. The molecule has 0 unspecified atom stereocenters. The molecule has 0 spiro atoms. The van der Waals surface area contributed by atoms with E-state index in [-0.39, 0.29) is 24.0 Å². The summed E-state index contributed by atoms with van der Waals surface area (Å²) in [6.07, 6.45) is 1.66. The molecule has 1 heterocycles. The van der Waals surface area contributed by atoms with E-state index in [2.05, 4.69) is 0 Å². The molecule has 0 aromatic heterocycles. The lowest BCUT2D eigenvalue weighted by Crippen LogP contribution is -2.17. The molecule has 4 aromatic carbocycles. The zero-order chi connectivity index (χ0) is 28.3. The van der Waals surface area contributed by atoms with Gasteiger partial charge in [-0.15, -0.1) is 0 Å². The average molecular weight is 580 g/mol. The first kappa shape index (κ1) is 28.4. The standard InChI is InChI=1S/C32H32ClFNO4P/c1-21-14-29(37-20-40(35)38-13-12-32(39-40)25-4-3-5-27(33)19-25)15-22(2)30(21)18-24-8-11-31(36)26(17-24)16-23-6-9-28(34)10-7-23/h3-11,14-15,17,19,32,35-36H,12-13,16,18,20H2,1-2H3/t32-,40+/m0/s1. The second kappa shape index (κ2) is 12.2. The summed E-state index contributed by atoms with van der Waals surface area (Å²) in [5.41, 5.74) is 7.06. The topological polar surface area (TPSA) is 71.8 Å². The third-order valence-electron chi connectivity index (χ3n) is 7.10. The molecule has 208 valence electrons. The Morgan fingerprint density at radius 1 is 0.975 bits per heavy atom. The molecule has 8 heteroatoms. The third kappa shape index (κ3) is 6.94. The number of phenols is 1. The van der Waals surface area contributed by atoms with E-state index >= 15 is 0 Å². The van der Waals surface area contributed by atoms with E-state index < -0.39 is 7.51 Å². The summed E-state index contributed by atoms with van der Waals surface area (Å²) in [6, 6.07) is 23.5. The number of aryl methyl sites for hydroxylation is 2. The number of phenolic OH excluding ortho intramolecular Hbond substituents is 1. The molecule has 0 aliphatic carbocycles. The van der Waals surface area contributed by atoms with Gasteiger partial charge in [0.05, 0.1) is 12.7 Å². The molecule has 2 N–H and O–H groups in total. The number of halogens is 2. The van der Waals surface area contributed by atoms with Crippen LogP contribution in [-0.4, -0.2) is 18.1 Å². The van der Waals surface area contributed by atoms with Gasteiger partial charge in [-0.3, -0.25) is 5.16 Å². The van der Waals surface area contributed by atoms with Crippen LogP contribution < -0.4 is 4.74 Å². The second-order valence-electron chi connectivity index (χ2n) is 10.2. The fraction of sp³-hybridized carbons (Fsp3) is 0.250. The van der Waals surface area contributed by atoms with E-state index in [1.807, 2.05) is 62.4 Å². The van der Waals surface area contributed by atoms with Crippen molar-refractivity contribution >= 4 is 19.1 Å². The first-order chi connectivity index (χ1) is 19.2. The Kier molecular flexibility index (Phi) is 8.62. The van der Waals surface area contributed by atoms with E-state index in [0.29, 0.717) is 36.6 Å². The molecule has 0 amide bonds. The molecular weight excluding hydrogens is 548 g/mol. The minimum Gasteiger partial charge on any atom is -0.508 e. The number of aromatic hydroxyl groups is 1. The summed E-state index contributed by atoms with van der Waals surface area (Å²) in [6.45, 7) is 4.53. The summed E-state index contributed by atoms with van der Waals surface area (Å²) < 4.78 is 31.2. The second-order valence-corrected chi connectivity index (χ2v) is 12.7. The van der Waals surface area contributed by atoms with Crippen LogP contribution in [0.1, 0.15) is 51.5 Å². The smallest absolute Gasteiger partial charge is 0.248 e. The van der Waals surface area contributed by atoms with Crippen molar-refractivity contribution in [2.45, 2.75) is 39.2 Å². The van der Waals surface area contributed by atoms with Gasteiger partial charge in [-0.2, -0.15) is 0 Å². The van der Waals surface area contributed by atoms with Crippen LogP contribution in [0.4, 0.5) is 4.39 Å². The first-order valence-electron chi connectivity index (χ1n) is 13.2. The Bertz CT molecular complexity index is 1540. The lowest BCUT2D eigenvalue weighted by Gasteiger charge is -2.32. The van der Waals surface area contributed by atoms with Crippen molar-refractivity contribution in [2.75, 3.05) is 13.0 Å². The Morgan fingerprint density at radius 3 is 2.42 bits per heavy atom. The number of nitrogens with one attached hydrogen (secondary N) is 1. The van der Waals surface area contributed by atoms with E-state index in [0.717, 1.165) is 33.4 Å². The summed E-state index contributed by atoms with van der Waals surface area (Å²) in [5.74, 6) is 0.619. The van der Waals surface area contributed by atoms with Crippen LogP contribution in [0.2, 0.25) is 5.02 Å². The molecule has 0 saturated carbocycles. The van der Waals surface area contributed by atoms with Gasteiger partial charge in [-0.25, -0.2) is 4.39 Å². The molecule has 0 radical (unpaired) electrons. The summed E-state index contributed by atoms with van der Waals surface area (Å²) in [7, 11) is -2.96. The van der Waals surface area contributed by atoms with Crippen molar-refractivity contribution in [3.05, 3.63) is 129 Å². The number of hydrogen-bond acceptors (Lipinski definition) is 5. The quantitative estimate of drug-likeness (QED) is 0.204. The van der Waals surface area contributed by atoms with Crippen molar-refractivity contribution in [2.24, 2.45) is 0 Å².